The molecule has 1 heterocycles. The van der Waals surface area contributed by atoms with Crippen molar-refractivity contribution in [3.8, 4) is 0 Å². The Morgan fingerprint density at radius 1 is 1.44 bits per heavy atom. The summed E-state index contributed by atoms with van der Waals surface area (Å²) in [4.78, 5) is 4.99. The van der Waals surface area contributed by atoms with Crippen molar-refractivity contribution in [3.63, 3.8) is 0 Å². The van der Waals surface area contributed by atoms with Crippen molar-refractivity contribution in [1.82, 2.24) is 15.0 Å². The van der Waals surface area contributed by atoms with Gasteiger partial charge in [0.2, 0.25) is 5.89 Å². The maximum atomic E-state index is 12.3. The maximum Gasteiger partial charge on any atom is 0.401 e. The molecule has 0 radical (unpaired) electrons. The van der Waals surface area contributed by atoms with Gasteiger partial charge in [-0.15, -0.1) is 0 Å². The second-order valence-electron chi connectivity index (χ2n) is 3.63. The smallest absolute Gasteiger partial charge is 0.383 e. The number of rotatable bonds is 7. The third-order valence-electron chi connectivity index (χ3n) is 2.06. The molecule has 0 atom stereocenters. The van der Waals surface area contributed by atoms with Crippen LogP contribution in [0.3, 0.4) is 0 Å². The van der Waals surface area contributed by atoms with Crippen molar-refractivity contribution in [3.05, 3.63) is 11.7 Å². The fraction of sp³-hybridized carbons (Fsp3) is 0.778. The first kappa shape index (κ1) is 14.9. The van der Waals surface area contributed by atoms with Gasteiger partial charge in [-0.3, -0.25) is 4.90 Å². The average molecular weight is 268 g/mol. The molecule has 0 saturated heterocycles. The van der Waals surface area contributed by atoms with Gasteiger partial charge in [0, 0.05) is 13.7 Å². The minimum Gasteiger partial charge on any atom is -0.383 e. The molecule has 0 saturated carbocycles. The fourth-order valence-corrected chi connectivity index (χ4v) is 1.33. The lowest BCUT2D eigenvalue weighted by Gasteiger charge is -2.21. The predicted octanol–water partition coefficient (Wildman–Crippen LogP) is 0.539. The third kappa shape index (κ3) is 5.43. The van der Waals surface area contributed by atoms with E-state index in [1.54, 1.807) is 0 Å². The molecule has 104 valence electrons. The zero-order valence-corrected chi connectivity index (χ0v) is 9.90. The van der Waals surface area contributed by atoms with E-state index in [2.05, 4.69) is 10.1 Å². The van der Waals surface area contributed by atoms with Crippen molar-refractivity contribution in [1.29, 1.82) is 0 Å². The van der Waals surface area contributed by atoms with E-state index >= 15 is 0 Å². The quantitative estimate of drug-likeness (QED) is 0.777. The fourth-order valence-electron chi connectivity index (χ4n) is 1.33. The van der Waals surface area contributed by atoms with Gasteiger partial charge in [0.15, 0.2) is 5.82 Å². The van der Waals surface area contributed by atoms with Gasteiger partial charge in [-0.05, 0) is 0 Å². The van der Waals surface area contributed by atoms with Crippen LogP contribution in [-0.4, -0.2) is 48.0 Å². The minimum atomic E-state index is -4.28. The number of nitrogens with zero attached hydrogens (tertiary/aromatic N) is 3. The lowest BCUT2D eigenvalue weighted by Crippen LogP contribution is -2.36. The van der Waals surface area contributed by atoms with Crippen molar-refractivity contribution in [2.24, 2.45) is 5.73 Å². The Balaban J connectivity index is 2.59. The van der Waals surface area contributed by atoms with Crippen LogP contribution in [0.15, 0.2) is 4.52 Å². The summed E-state index contributed by atoms with van der Waals surface area (Å²) in [7, 11) is 1.42. The SMILES string of the molecule is COCCN(Cc1noc(CN)n1)CC(F)(F)F. The maximum absolute atomic E-state index is 12.3. The van der Waals surface area contributed by atoms with E-state index in [1.165, 1.54) is 7.11 Å². The largest absolute Gasteiger partial charge is 0.401 e. The molecule has 0 unspecified atom stereocenters. The number of halogens is 3. The number of alkyl halides is 3. The molecule has 1 aromatic rings. The summed E-state index contributed by atoms with van der Waals surface area (Å²) in [6, 6.07) is 0. The lowest BCUT2D eigenvalue weighted by atomic mass is 10.4. The van der Waals surface area contributed by atoms with Crippen molar-refractivity contribution in [2.75, 3.05) is 26.8 Å². The van der Waals surface area contributed by atoms with Gasteiger partial charge in [0.25, 0.3) is 0 Å². The van der Waals surface area contributed by atoms with E-state index in [-0.39, 0.29) is 38.0 Å². The van der Waals surface area contributed by atoms with Crippen LogP contribution in [0.25, 0.3) is 0 Å². The molecule has 0 aliphatic heterocycles. The summed E-state index contributed by atoms with van der Waals surface area (Å²) >= 11 is 0. The van der Waals surface area contributed by atoms with Crippen LogP contribution in [-0.2, 0) is 17.8 Å². The third-order valence-corrected chi connectivity index (χ3v) is 2.06. The number of aromatic nitrogens is 2. The van der Waals surface area contributed by atoms with E-state index in [1.807, 2.05) is 0 Å². The molecule has 1 rings (SSSR count). The molecule has 0 aromatic carbocycles. The Kier molecular flexibility index (Phi) is 5.51. The van der Waals surface area contributed by atoms with E-state index in [4.69, 9.17) is 15.0 Å². The minimum absolute atomic E-state index is 0.0599. The highest BCUT2D eigenvalue weighted by Gasteiger charge is 2.31. The van der Waals surface area contributed by atoms with E-state index in [9.17, 15) is 13.2 Å². The first-order valence-corrected chi connectivity index (χ1v) is 5.24. The molecule has 0 aliphatic rings. The van der Waals surface area contributed by atoms with Crippen LogP contribution in [0, 0.1) is 0 Å². The number of hydrogen-bond donors (Lipinski definition) is 1. The van der Waals surface area contributed by atoms with Crippen LogP contribution < -0.4 is 5.73 Å². The number of hydrogen-bond acceptors (Lipinski definition) is 6. The second kappa shape index (κ2) is 6.66. The Hall–Kier alpha value is -1.19. The molecular weight excluding hydrogens is 253 g/mol. The average Bonchev–Trinajstić information content (AvgIpc) is 2.71. The predicted molar refractivity (Wildman–Crippen MR) is 55.4 cm³/mol. The molecule has 0 spiro atoms. The Bertz CT molecular complexity index is 356. The van der Waals surface area contributed by atoms with Gasteiger partial charge in [-0.2, -0.15) is 18.2 Å². The topological polar surface area (TPSA) is 77.4 Å². The van der Waals surface area contributed by atoms with Gasteiger partial charge in [0.05, 0.1) is 26.2 Å². The van der Waals surface area contributed by atoms with Crippen LogP contribution in [0.5, 0.6) is 0 Å². The molecule has 1 aromatic heterocycles. The molecule has 18 heavy (non-hydrogen) atoms. The molecular formula is C9H15F3N4O2. The van der Waals surface area contributed by atoms with Gasteiger partial charge in [-0.25, -0.2) is 0 Å². The number of methoxy groups -OCH3 is 1. The molecule has 0 aliphatic carbocycles. The second-order valence-corrected chi connectivity index (χ2v) is 3.63. The zero-order chi connectivity index (χ0) is 13.6. The summed E-state index contributed by atoms with van der Waals surface area (Å²) < 4.78 is 46.5. The lowest BCUT2D eigenvalue weighted by molar-refractivity contribution is -0.148. The summed E-state index contributed by atoms with van der Waals surface area (Å²) in [6.07, 6.45) is -4.28. The number of ether oxygens (including phenoxy) is 1. The highest BCUT2D eigenvalue weighted by molar-refractivity contribution is 4.86. The molecule has 6 nitrogen and oxygen atoms in total. The van der Waals surface area contributed by atoms with Gasteiger partial charge in [-0.1, -0.05) is 5.16 Å². The van der Waals surface area contributed by atoms with Gasteiger partial charge in [0.1, 0.15) is 0 Å². The Morgan fingerprint density at radius 3 is 2.67 bits per heavy atom. The number of nitrogens with two attached hydrogens (primary N) is 1. The van der Waals surface area contributed by atoms with Crippen molar-refractivity contribution < 1.29 is 22.4 Å². The zero-order valence-electron chi connectivity index (χ0n) is 9.90. The molecule has 9 heteroatoms. The van der Waals surface area contributed by atoms with Crippen LogP contribution in [0.2, 0.25) is 0 Å². The normalized spacial score (nSPS) is 12.3. The molecule has 2 N–H and O–H groups in total. The van der Waals surface area contributed by atoms with E-state index in [0.29, 0.717) is 0 Å². The molecule has 0 amide bonds. The highest BCUT2D eigenvalue weighted by Crippen LogP contribution is 2.17. The summed E-state index contributed by atoms with van der Waals surface area (Å²) in [5.74, 6) is 0.375. The standard InChI is InChI=1S/C9H15F3N4O2/c1-17-3-2-16(6-9(10,11)12)5-7-14-8(4-13)18-15-7/h2-6,13H2,1H3. The highest BCUT2D eigenvalue weighted by atomic mass is 19.4. The Morgan fingerprint density at radius 2 is 2.17 bits per heavy atom. The summed E-state index contributed by atoms with van der Waals surface area (Å²) in [5.41, 5.74) is 5.27. The van der Waals surface area contributed by atoms with E-state index < -0.39 is 12.7 Å². The monoisotopic (exact) mass is 268 g/mol. The summed E-state index contributed by atoms with van der Waals surface area (Å²) in [6.45, 7) is -0.736. The molecule has 0 fully saturated rings. The summed E-state index contributed by atoms with van der Waals surface area (Å²) in [5, 5.41) is 3.55. The van der Waals surface area contributed by atoms with Crippen LogP contribution in [0.1, 0.15) is 11.7 Å². The molecule has 0 bridgehead atoms. The van der Waals surface area contributed by atoms with Crippen LogP contribution in [0.4, 0.5) is 13.2 Å². The Labute approximate surface area is 102 Å². The van der Waals surface area contributed by atoms with Crippen LogP contribution >= 0.6 is 0 Å². The van der Waals surface area contributed by atoms with Crippen molar-refractivity contribution in [2.45, 2.75) is 19.3 Å². The van der Waals surface area contributed by atoms with Gasteiger partial charge < -0.3 is 15.0 Å². The van der Waals surface area contributed by atoms with Gasteiger partial charge >= 0.3 is 6.18 Å². The first-order chi connectivity index (χ1) is 8.44. The van der Waals surface area contributed by atoms with E-state index in [0.717, 1.165) is 4.90 Å². The van der Waals surface area contributed by atoms with Crippen molar-refractivity contribution >= 4 is 0 Å². The first-order valence-electron chi connectivity index (χ1n) is 5.24.